The Morgan fingerprint density at radius 3 is 2.62 bits per heavy atom. The molecule has 1 amide bonds. The van der Waals surface area contributed by atoms with Crippen molar-refractivity contribution in [1.82, 2.24) is 4.98 Å². The lowest BCUT2D eigenvalue weighted by atomic mass is 10.1. The molecule has 3 N–H and O–H groups in total. The molecule has 1 aromatic carbocycles. The number of carbonyl (C=O) groups is 1. The lowest BCUT2D eigenvalue weighted by Gasteiger charge is -2.19. The summed E-state index contributed by atoms with van der Waals surface area (Å²) in [7, 11) is 0. The van der Waals surface area contributed by atoms with Gasteiger partial charge in [-0.1, -0.05) is 30.3 Å². The van der Waals surface area contributed by atoms with Crippen LogP contribution in [-0.4, -0.2) is 28.6 Å². The molecule has 0 aliphatic carbocycles. The van der Waals surface area contributed by atoms with Crippen LogP contribution in [0.5, 0.6) is 0 Å². The molecule has 24 heavy (non-hydrogen) atoms. The van der Waals surface area contributed by atoms with Crippen molar-refractivity contribution in [3.8, 4) is 0 Å². The molecule has 8 nitrogen and oxygen atoms in total. The zero-order valence-electron chi connectivity index (χ0n) is 13.1. The van der Waals surface area contributed by atoms with Crippen LogP contribution >= 0.6 is 0 Å². The zero-order chi connectivity index (χ0) is 17.5. The van der Waals surface area contributed by atoms with Gasteiger partial charge in [-0.3, -0.25) is 10.1 Å². The first-order chi connectivity index (χ1) is 11.5. The molecule has 2 rings (SSSR count). The average molecular weight is 330 g/mol. The number of rotatable bonds is 7. The summed E-state index contributed by atoms with van der Waals surface area (Å²) >= 11 is 0. The summed E-state index contributed by atoms with van der Waals surface area (Å²) in [5.74, 6) is 0.465. The van der Waals surface area contributed by atoms with E-state index in [-0.39, 0.29) is 18.3 Å². The lowest BCUT2D eigenvalue weighted by Crippen LogP contribution is -2.31. The van der Waals surface area contributed by atoms with Crippen LogP contribution < -0.4 is 11.1 Å². The first-order valence-electron chi connectivity index (χ1n) is 7.30. The van der Waals surface area contributed by atoms with Crippen molar-refractivity contribution in [1.29, 1.82) is 0 Å². The van der Waals surface area contributed by atoms with Crippen molar-refractivity contribution in [3.63, 3.8) is 0 Å². The van der Waals surface area contributed by atoms with Gasteiger partial charge in [-0.2, -0.15) is 0 Å². The van der Waals surface area contributed by atoms with Crippen LogP contribution in [0.3, 0.4) is 0 Å². The summed E-state index contributed by atoms with van der Waals surface area (Å²) in [5, 5.41) is 14.0. The van der Waals surface area contributed by atoms with Crippen LogP contribution in [0.2, 0.25) is 0 Å². The van der Waals surface area contributed by atoms with Crippen LogP contribution in [0.1, 0.15) is 11.3 Å². The number of nitro groups is 1. The predicted octanol–water partition coefficient (Wildman–Crippen LogP) is 2.42. The molecule has 2 aromatic rings. The highest BCUT2D eigenvalue weighted by Crippen LogP contribution is 2.19. The number of primary amides is 1. The molecule has 126 valence electrons. The minimum atomic E-state index is -0.859. The van der Waals surface area contributed by atoms with Gasteiger partial charge < -0.3 is 15.8 Å². The number of amides is 1. The SMILES string of the molecule is Cc1nc(N[C@H](COC(N)=O)Cc2ccccc2)ccc1[N+](=O)[O-]. The third kappa shape index (κ3) is 4.94. The van der Waals surface area contributed by atoms with E-state index < -0.39 is 11.0 Å². The summed E-state index contributed by atoms with van der Waals surface area (Å²) in [4.78, 5) is 25.4. The van der Waals surface area contributed by atoms with Gasteiger partial charge in [0.25, 0.3) is 5.69 Å². The van der Waals surface area contributed by atoms with Crippen molar-refractivity contribution in [2.24, 2.45) is 5.73 Å². The summed E-state index contributed by atoms with van der Waals surface area (Å²) < 4.78 is 4.88. The molecule has 1 heterocycles. The second-order valence-corrected chi connectivity index (χ2v) is 5.22. The summed E-state index contributed by atoms with van der Waals surface area (Å²) in [6, 6.07) is 12.3. The predicted molar refractivity (Wildman–Crippen MR) is 88.7 cm³/mol. The largest absolute Gasteiger partial charge is 0.448 e. The van der Waals surface area contributed by atoms with Gasteiger partial charge in [-0.05, 0) is 25.0 Å². The molecule has 0 bridgehead atoms. The minimum absolute atomic E-state index is 0.0476. The molecule has 0 spiro atoms. The van der Waals surface area contributed by atoms with E-state index in [1.807, 2.05) is 30.3 Å². The Hall–Kier alpha value is -3.16. The number of hydrogen-bond donors (Lipinski definition) is 2. The van der Waals surface area contributed by atoms with E-state index in [1.165, 1.54) is 12.1 Å². The van der Waals surface area contributed by atoms with E-state index in [2.05, 4.69) is 10.3 Å². The van der Waals surface area contributed by atoms with E-state index in [4.69, 9.17) is 10.5 Å². The van der Waals surface area contributed by atoms with Gasteiger partial charge in [-0.15, -0.1) is 0 Å². The van der Waals surface area contributed by atoms with Gasteiger partial charge >= 0.3 is 6.09 Å². The normalized spacial score (nSPS) is 11.5. The zero-order valence-corrected chi connectivity index (χ0v) is 13.1. The molecule has 8 heteroatoms. The number of nitrogens with one attached hydrogen (secondary N) is 1. The molecular weight excluding hydrogens is 312 g/mol. The minimum Gasteiger partial charge on any atom is -0.448 e. The molecule has 0 fully saturated rings. The Labute approximate surface area is 138 Å². The maximum atomic E-state index is 10.9. The van der Waals surface area contributed by atoms with Gasteiger partial charge in [0.2, 0.25) is 0 Å². The highest BCUT2D eigenvalue weighted by molar-refractivity contribution is 5.64. The Bertz CT molecular complexity index is 721. The number of carbonyl (C=O) groups excluding carboxylic acids is 1. The topological polar surface area (TPSA) is 120 Å². The van der Waals surface area contributed by atoms with Crippen LogP contribution in [0, 0.1) is 17.0 Å². The summed E-state index contributed by atoms with van der Waals surface area (Å²) in [6.07, 6.45) is -0.283. The van der Waals surface area contributed by atoms with Gasteiger partial charge in [0.05, 0.1) is 11.0 Å². The van der Waals surface area contributed by atoms with Gasteiger partial charge in [0, 0.05) is 6.07 Å². The third-order valence-corrected chi connectivity index (χ3v) is 3.36. The Morgan fingerprint density at radius 1 is 1.33 bits per heavy atom. The molecule has 0 aliphatic rings. The van der Waals surface area contributed by atoms with E-state index in [0.29, 0.717) is 17.9 Å². The molecule has 0 aliphatic heterocycles. The maximum absolute atomic E-state index is 10.9. The van der Waals surface area contributed by atoms with Crippen LogP contribution in [0.25, 0.3) is 0 Å². The quantitative estimate of drug-likeness (QED) is 0.594. The van der Waals surface area contributed by atoms with E-state index in [0.717, 1.165) is 5.56 Å². The fourth-order valence-electron chi connectivity index (χ4n) is 2.27. The summed E-state index contributed by atoms with van der Waals surface area (Å²) in [5.41, 5.74) is 6.33. The fraction of sp³-hybridized carbons (Fsp3) is 0.250. The van der Waals surface area contributed by atoms with Crippen molar-refractivity contribution in [3.05, 3.63) is 63.8 Å². The molecule has 0 unspecified atom stereocenters. The highest BCUT2D eigenvalue weighted by Gasteiger charge is 2.16. The Balaban J connectivity index is 2.13. The van der Waals surface area contributed by atoms with Crippen LogP contribution in [-0.2, 0) is 11.2 Å². The number of ether oxygens (including phenoxy) is 1. The first kappa shape index (κ1) is 17.2. The maximum Gasteiger partial charge on any atom is 0.404 e. The number of aromatic nitrogens is 1. The van der Waals surface area contributed by atoms with Crippen LogP contribution in [0.4, 0.5) is 16.3 Å². The molecule has 0 saturated heterocycles. The van der Waals surface area contributed by atoms with E-state index >= 15 is 0 Å². The first-order valence-corrected chi connectivity index (χ1v) is 7.30. The fourth-order valence-corrected chi connectivity index (χ4v) is 2.27. The number of hydrogen-bond acceptors (Lipinski definition) is 6. The van der Waals surface area contributed by atoms with E-state index in [1.54, 1.807) is 6.92 Å². The second-order valence-electron chi connectivity index (χ2n) is 5.22. The lowest BCUT2D eigenvalue weighted by molar-refractivity contribution is -0.385. The molecular formula is C16H18N4O4. The Kier molecular flexibility index (Phi) is 5.67. The highest BCUT2D eigenvalue weighted by atomic mass is 16.6. The van der Waals surface area contributed by atoms with Gasteiger partial charge in [0.1, 0.15) is 18.1 Å². The van der Waals surface area contributed by atoms with Crippen molar-refractivity contribution >= 4 is 17.6 Å². The standard InChI is InChI=1S/C16H18N4O4/c1-11-14(20(22)23)7-8-15(18-11)19-13(10-24-16(17)21)9-12-5-3-2-4-6-12/h2-8,13H,9-10H2,1H3,(H2,17,21)(H,18,19)/t13-/m0/s1. The van der Waals surface area contributed by atoms with Gasteiger partial charge in [-0.25, -0.2) is 9.78 Å². The molecule has 0 radical (unpaired) electrons. The van der Waals surface area contributed by atoms with Gasteiger partial charge in [0.15, 0.2) is 0 Å². The smallest absolute Gasteiger partial charge is 0.404 e. The molecule has 0 saturated carbocycles. The Morgan fingerprint density at radius 2 is 2.04 bits per heavy atom. The van der Waals surface area contributed by atoms with Crippen molar-refractivity contribution in [2.45, 2.75) is 19.4 Å². The number of benzene rings is 1. The summed E-state index contributed by atoms with van der Waals surface area (Å²) in [6.45, 7) is 1.62. The van der Waals surface area contributed by atoms with Crippen molar-refractivity contribution in [2.75, 3.05) is 11.9 Å². The monoisotopic (exact) mass is 330 g/mol. The molecule has 1 atom stereocenters. The number of nitrogens with two attached hydrogens (primary N) is 1. The number of nitrogens with zero attached hydrogens (tertiary/aromatic N) is 2. The molecule has 1 aromatic heterocycles. The van der Waals surface area contributed by atoms with E-state index in [9.17, 15) is 14.9 Å². The van der Waals surface area contributed by atoms with Crippen molar-refractivity contribution < 1.29 is 14.5 Å². The van der Waals surface area contributed by atoms with Crippen LogP contribution in [0.15, 0.2) is 42.5 Å². The average Bonchev–Trinajstić information content (AvgIpc) is 2.53. The third-order valence-electron chi connectivity index (χ3n) is 3.36. The number of pyridine rings is 1. The second kappa shape index (κ2) is 7.91. The number of aryl methyl sites for hydroxylation is 1. The number of anilines is 1.